The first kappa shape index (κ1) is 14.7. The standard InChI is InChI=1S/C18H17FN4O/c1-22(14-9-7-13(19)8-10-14)18-21-20-17(23(18)2)16-11-12-5-3-4-6-15(12)24-16/h3-10,16H,11H2,1-2H3. The van der Waals surface area contributed by atoms with E-state index in [2.05, 4.69) is 16.3 Å². The zero-order valence-electron chi connectivity index (χ0n) is 13.5. The molecule has 0 aliphatic carbocycles. The highest BCUT2D eigenvalue weighted by Crippen LogP contribution is 2.36. The lowest BCUT2D eigenvalue weighted by Gasteiger charge is -2.18. The highest BCUT2D eigenvalue weighted by molar-refractivity contribution is 5.56. The smallest absolute Gasteiger partial charge is 0.231 e. The molecule has 1 unspecified atom stereocenters. The second kappa shape index (κ2) is 5.63. The van der Waals surface area contributed by atoms with Gasteiger partial charge in [0.05, 0.1) is 0 Å². The molecule has 0 amide bonds. The fourth-order valence-electron chi connectivity index (χ4n) is 3.01. The van der Waals surface area contributed by atoms with Crippen molar-refractivity contribution in [2.45, 2.75) is 12.5 Å². The molecule has 0 saturated carbocycles. The molecule has 6 heteroatoms. The van der Waals surface area contributed by atoms with E-state index in [-0.39, 0.29) is 11.9 Å². The maximum atomic E-state index is 13.1. The number of anilines is 2. The lowest BCUT2D eigenvalue weighted by Crippen LogP contribution is -2.16. The quantitative estimate of drug-likeness (QED) is 0.740. The summed E-state index contributed by atoms with van der Waals surface area (Å²) in [5.74, 6) is 2.09. The molecule has 0 radical (unpaired) electrons. The molecule has 0 spiro atoms. The summed E-state index contributed by atoms with van der Waals surface area (Å²) in [6.45, 7) is 0. The van der Waals surface area contributed by atoms with Crippen molar-refractivity contribution in [2.75, 3.05) is 11.9 Å². The molecule has 1 aliphatic heterocycles. The van der Waals surface area contributed by atoms with E-state index in [0.717, 1.165) is 23.7 Å². The van der Waals surface area contributed by atoms with E-state index in [1.165, 1.54) is 17.7 Å². The van der Waals surface area contributed by atoms with E-state index >= 15 is 0 Å². The van der Waals surface area contributed by atoms with Gasteiger partial charge in [-0.1, -0.05) is 18.2 Å². The van der Waals surface area contributed by atoms with Gasteiger partial charge in [0.25, 0.3) is 0 Å². The van der Waals surface area contributed by atoms with Gasteiger partial charge in [0.1, 0.15) is 11.6 Å². The fraction of sp³-hybridized carbons (Fsp3) is 0.222. The lowest BCUT2D eigenvalue weighted by atomic mass is 10.1. The number of fused-ring (bicyclic) bond motifs is 1. The largest absolute Gasteiger partial charge is 0.482 e. The molecule has 4 rings (SSSR count). The molecular formula is C18H17FN4O. The predicted octanol–water partition coefficient (Wildman–Crippen LogP) is 3.40. The van der Waals surface area contributed by atoms with Crippen LogP contribution >= 0.6 is 0 Å². The van der Waals surface area contributed by atoms with Crippen molar-refractivity contribution in [3.8, 4) is 5.75 Å². The first-order valence-corrected chi connectivity index (χ1v) is 7.76. The molecule has 0 N–H and O–H groups in total. The second-order valence-electron chi connectivity index (χ2n) is 5.87. The van der Waals surface area contributed by atoms with Crippen LogP contribution in [0.4, 0.5) is 16.0 Å². The molecule has 0 saturated heterocycles. The number of ether oxygens (including phenoxy) is 1. The van der Waals surface area contributed by atoms with Gasteiger partial charge < -0.3 is 9.64 Å². The number of hydrogen-bond donors (Lipinski definition) is 0. The zero-order valence-corrected chi connectivity index (χ0v) is 13.5. The molecule has 1 aliphatic rings. The Labute approximate surface area is 139 Å². The average molecular weight is 324 g/mol. The summed E-state index contributed by atoms with van der Waals surface area (Å²) in [6.07, 6.45) is 0.637. The normalized spacial score (nSPS) is 15.9. The summed E-state index contributed by atoms with van der Waals surface area (Å²) >= 11 is 0. The maximum absolute atomic E-state index is 13.1. The van der Waals surface area contributed by atoms with Crippen molar-refractivity contribution in [3.63, 3.8) is 0 Å². The minimum Gasteiger partial charge on any atom is -0.482 e. The Morgan fingerprint density at radius 2 is 1.88 bits per heavy atom. The molecule has 1 atom stereocenters. The van der Waals surface area contributed by atoms with Crippen LogP contribution in [0.1, 0.15) is 17.5 Å². The van der Waals surface area contributed by atoms with Gasteiger partial charge in [-0.05, 0) is 35.9 Å². The molecule has 122 valence electrons. The molecule has 3 aromatic rings. The average Bonchev–Trinajstić information content (AvgIpc) is 3.18. The number of halogens is 1. The van der Waals surface area contributed by atoms with E-state index in [4.69, 9.17) is 4.74 Å². The van der Waals surface area contributed by atoms with Gasteiger partial charge in [0.2, 0.25) is 5.95 Å². The first-order chi connectivity index (χ1) is 11.6. The van der Waals surface area contributed by atoms with Crippen LogP contribution < -0.4 is 9.64 Å². The third-order valence-electron chi connectivity index (χ3n) is 4.33. The SMILES string of the molecule is CN(c1ccc(F)cc1)c1nnc(C2Cc3ccccc3O2)n1C. The number of benzene rings is 2. The molecule has 2 aromatic carbocycles. The predicted molar refractivity (Wildman–Crippen MR) is 89.0 cm³/mol. The van der Waals surface area contributed by atoms with Crippen LogP contribution in [0.3, 0.4) is 0 Å². The third-order valence-corrected chi connectivity index (χ3v) is 4.33. The van der Waals surface area contributed by atoms with Crippen LogP contribution in [0, 0.1) is 5.82 Å². The highest BCUT2D eigenvalue weighted by Gasteiger charge is 2.29. The topological polar surface area (TPSA) is 43.2 Å². The summed E-state index contributed by atoms with van der Waals surface area (Å²) in [5, 5.41) is 8.60. The van der Waals surface area contributed by atoms with Crippen molar-refractivity contribution in [1.82, 2.24) is 14.8 Å². The van der Waals surface area contributed by atoms with Crippen LogP contribution in [0.5, 0.6) is 5.75 Å². The number of aromatic nitrogens is 3. The van der Waals surface area contributed by atoms with Gasteiger partial charge in [-0.25, -0.2) is 4.39 Å². The Morgan fingerprint density at radius 3 is 2.62 bits per heavy atom. The highest BCUT2D eigenvalue weighted by atomic mass is 19.1. The summed E-state index contributed by atoms with van der Waals surface area (Å²) in [6, 6.07) is 14.3. The summed E-state index contributed by atoms with van der Waals surface area (Å²) < 4.78 is 21.0. The number of rotatable bonds is 3. The summed E-state index contributed by atoms with van der Waals surface area (Å²) in [7, 11) is 3.79. The Balaban J connectivity index is 1.61. The van der Waals surface area contributed by atoms with E-state index < -0.39 is 0 Å². The Morgan fingerprint density at radius 1 is 1.12 bits per heavy atom. The van der Waals surface area contributed by atoms with Crippen molar-refractivity contribution in [3.05, 3.63) is 65.7 Å². The van der Waals surface area contributed by atoms with Crippen LogP contribution in [-0.4, -0.2) is 21.8 Å². The van der Waals surface area contributed by atoms with Crippen molar-refractivity contribution < 1.29 is 9.13 Å². The Bertz CT molecular complexity index is 850. The Hall–Kier alpha value is -2.89. The molecule has 0 fully saturated rings. The van der Waals surface area contributed by atoms with Gasteiger partial charge in [-0.15, -0.1) is 10.2 Å². The third kappa shape index (κ3) is 2.40. The fourth-order valence-corrected chi connectivity index (χ4v) is 3.01. The lowest BCUT2D eigenvalue weighted by molar-refractivity contribution is 0.223. The molecule has 1 aromatic heterocycles. The summed E-state index contributed by atoms with van der Waals surface area (Å²) in [4.78, 5) is 1.87. The minimum absolute atomic E-state index is 0.143. The molecule has 0 bridgehead atoms. The van der Waals surface area contributed by atoms with Gasteiger partial charge in [-0.3, -0.25) is 4.57 Å². The van der Waals surface area contributed by atoms with Gasteiger partial charge >= 0.3 is 0 Å². The molecule has 2 heterocycles. The molecular weight excluding hydrogens is 307 g/mol. The zero-order chi connectivity index (χ0) is 16.7. The van der Waals surface area contributed by atoms with E-state index in [1.807, 2.05) is 41.8 Å². The Kier molecular flexibility index (Phi) is 3.45. The number of nitrogens with zero attached hydrogens (tertiary/aromatic N) is 4. The van der Waals surface area contributed by atoms with Crippen LogP contribution in [0.2, 0.25) is 0 Å². The van der Waals surface area contributed by atoms with E-state index in [1.54, 1.807) is 12.1 Å². The summed E-state index contributed by atoms with van der Waals surface area (Å²) in [5.41, 5.74) is 2.02. The van der Waals surface area contributed by atoms with Crippen LogP contribution in [0.25, 0.3) is 0 Å². The van der Waals surface area contributed by atoms with Crippen LogP contribution in [0.15, 0.2) is 48.5 Å². The second-order valence-corrected chi connectivity index (χ2v) is 5.87. The molecule has 5 nitrogen and oxygen atoms in total. The van der Waals surface area contributed by atoms with Crippen molar-refractivity contribution >= 4 is 11.6 Å². The van der Waals surface area contributed by atoms with E-state index in [9.17, 15) is 4.39 Å². The van der Waals surface area contributed by atoms with Crippen molar-refractivity contribution in [2.24, 2.45) is 7.05 Å². The van der Waals surface area contributed by atoms with E-state index in [0.29, 0.717) is 5.95 Å². The first-order valence-electron chi connectivity index (χ1n) is 7.76. The molecule has 24 heavy (non-hydrogen) atoms. The number of para-hydroxylation sites is 1. The monoisotopic (exact) mass is 324 g/mol. The van der Waals surface area contributed by atoms with Gasteiger partial charge in [0.15, 0.2) is 11.9 Å². The van der Waals surface area contributed by atoms with Gasteiger partial charge in [-0.2, -0.15) is 0 Å². The van der Waals surface area contributed by atoms with Gasteiger partial charge in [0, 0.05) is 26.2 Å². The van der Waals surface area contributed by atoms with Crippen molar-refractivity contribution in [1.29, 1.82) is 0 Å². The minimum atomic E-state index is -0.261. The van der Waals surface area contributed by atoms with Crippen LogP contribution in [-0.2, 0) is 13.5 Å². The maximum Gasteiger partial charge on any atom is 0.231 e. The number of hydrogen-bond acceptors (Lipinski definition) is 4.